The number of nitrogens with one attached hydrogen (secondary N) is 4. The van der Waals surface area contributed by atoms with Gasteiger partial charge in [-0.1, -0.05) is 63.4 Å². The second-order valence-corrected chi connectivity index (χ2v) is 18.5. The molecule has 2 aliphatic carbocycles. The molecule has 15 heteroatoms. The van der Waals surface area contributed by atoms with Crippen molar-refractivity contribution in [3.8, 4) is 22.4 Å². The van der Waals surface area contributed by atoms with E-state index in [0.717, 1.165) is 134 Å². The Balaban J connectivity index is 0.976. The molecule has 3 fully saturated rings. The number of hydrogen-bond acceptors (Lipinski definition) is 8. The van der Waals surface area contributed by atoms with Crippen LogP contribution in [0.25, 0.3) is 44.2 Å². The minimum absolute atomic E-state index is 0.00739. The SMILES string of the molecule is COC(=O)N[C@H](C(=O)N1C(C)CC[C@H]1c1nc2c(ccc3cc(-c4ccc(-c5cnc([C@@H]6CCCN6C(=O)N(NC(=O)OC)C6CCCCC6)[nH]5)c5c4CCCC5)ccc32)[nH]1)C(C)C. The number of imidazole rings is 2. The van der Waals surface area contributed by atoms with Crippen molar-refractivity contribution in [2.75, 3.05) is 20.8 Å². The molecule has 1 saturated carbocycles. The number of aromatic nitrogens is 4. The second-order valence-electron chi connectivity index (χ2n) is 18.5. The van der Waals surface area contributed by atoms with Gasteiger partial charge in [0.15, 0.2) is 0 Å². The Hall–Kier alpha value is -6.12. The molecule has 64 heavy (non-hydrogen) atoms. The van der Waals surface area contributed by atoms with Crippen LogP contribution in [0.4, 0.5) is 14.4 Å². The van der Waals surface area contributed by atoms with Crippen LogP contribution in [-0.2, 0) is 27.1 Å². The van der Waals surface area contributed by atoms with E-state index in [2.05, 4.69) is 70.1 Å². The molecule has 4 heterocycles. The molecule has 2 aromatic heterocycles. The van der Waals surface area contributed by atoms with Crippen molar-refractivity contribution in [2.24, 2.45) is 5.92 Å². The number of urea groups is 1. The number of benzene rings is 3. The molecule has 4 atom stereocenters. The van der Waals surface area contributed by atoms with E-state index in [0.29, 0.717) is 6.54 Å². The molecule has 1 unspecified atom stereocenters. The number of fused-ring (bicyclic) bond motifs is 4. The third kappa shape index (κ3) is 8.13. The maximum Gasteiger partial charge on any atom is 0.425 e. The molecule has 338 valence electrons. The smallest absolute Gasteiger partial charge is 0.425 e. The molecule has 5 aromatic rings. The lowest BCUT2D eigenvalue weighted by Crippen LogP contribution is -2.56. The fraction of sp³-hybridized carbons (Fsp3) is 0.510. The molecule has 2 saturated heterocycles. The van der Waals surface area contributed by atoms with E-state index in [4.69, 9.17) is 19.4 Å². The number of methoxy groups -OCH3 is 2. The minimum atomic E-state index is -0.711. The van der Waals surface area contributed by atoms with Gasteiger partial charge in [-0.3, -0.25) is 4.79 Å². The lowest BCUT2D eigenvalue weighted by molar-refractivity contribution is -0.137. The molecular weight excluding hydrogens is 811 g/mol. The summed E-state index contributed by atoms with van der Waals surface area (Å²) in [5.41, 5.74) is 11.7. The van der Waals surface area contributed by atoms with Crippen LogP contribution in [0.5, 0.6) is 0 Å². The highest BCUT2D eigenvalue weighted by Crippen LogP contribution is 2.42. The van der Waals surface area contributed by atoms with Gasteiger partial charge in [-0.2, -0.15) is 0 Å². The Kier molecular flexibility index (Phi) is 12.2. The van der Waals surface area contributed by atoms with Gasteiger partial charge in [0.1, 0.15) is 17.7 Å². The quantitative estimate of drug-likeness (QED) is 0.112. The Bertz CT molecular complexity index is 2560. The molecule has 9 rings (SSSR count). The van der Waals surface area contributed by atoms with Gasteiger partial charge in [0.05, 0.1) is 55.3 Å². The van der Waals surface area contributed by atoms with E-state index in [9.17, 15) is 19.2 Å². The Labute approximate surface area is 374 Å². The van der Waals surface area contributed by atoms with Crippen LogP contribution in [0, 0.1) is 5.92 Å². The molecule has 3 aromatic carbocycles. The van der Waals surface area contributed by atoms with Gasteiger partial charge in [-0.25, -0.2) is 34.8 Å². The third-order valence-corrected chi connectivity index (χ3v) is 14.2. The first-order valence-corrected chi connectivity index (χ1v) is 23.3. The average Bonchev–Trinajstić information content (AvgIpc) is 4.16. The Morgan fingerprint density at radius 1 is 0.797 bits per heavy atom. The Morgan fingerprint density at radius 3 is 2.30 bits per heavy atom. The number of alkyl carbamates (subject to hydrolysis) is 1. The summed E-state index contributed by atoms with van der Waals surface area (Å²) in [6.45, 7) is 6.49. The summed E-state index contributed by atoms with van der Waals surface area (Å²) in [7, 11) is 2.62. The fourth-order valence-electron chi connectivity index (χ4n) is 10.9. The van der Waals surface area contributed by atoms with Gasteiger partial charge < -0.3 is 34.6 Å². The summed E-state index contributed by atoms with van der Waals surface area (Å²) in [5.74, 6) is 1.26. The zero-order valence-electron chi connectivity index (χ0n) is 37.7. The van der Waals surface area contributed by atoms with E-state index in [1.165, 1.54) is 35.9 Å². The average molecular weight is 872 g/mol. The van der Waals surface area contributed by atoms with Gasteiger partial charge in [-0.05, 0) is 117 Å². The zero-order valence-corrected chi connectivity index (χ0v) is 37.7. The fourth-order valence-corrected chi connectivity index (χ4v) is 10.9. The van der Waals surface area contributed by atoms with Gasteiger partial charge in [0, 0.05) is 23.5 Å². The number of nitrogens with zero attached hydrogens (tertiary/aromatic N) is 5. The normalized spacial score (nSPS) is 20.7. The van der Waals surface area contributed by atoms with E-state index in [-0.39, 0.29) is 42.0 Å². The van der Waals surface area contributed by atoms with Gasteiger partial charge in [0.25, 0.3) is 0 Å². The molecule has 2 aliphatic heterocycles. The first-order chi connectivity index (χ1) is 31.0. The van der Waals surface area contributed by atoms with Crippen LogP contribution >= 0.6 is 0 Å². The molecule has 4 aliphatic rings. The first kappa shape index (κ1) is 43.1. The highest BCUT2D eigenvalue weighted by atomic mass is 16.5. The number of H-pyrrole nitrogens is 2. The lowest BCUT2D eigenvalue weighted by Gasteiger charge is -2.37. The topological polar surface area (TPSA) is 178 Å². The number of likely N-dealkylation sites (tertiary alicyclic amines) is 2. The molecule has 0 radical (unpaired) electrons. The molecular formula is C49H61N9O6. The van der Waals surface area contributed by atoms with Crippen LogP contribution in [0.3, 0.4) is 0 Å². The van der Waals surface area contributed by atoms with E-state index >= 15 is 0 Å². The highest BCUT2D eigenvalue weighted by Gasteiger charge is 2.42. The third-order valence-electron chi connectivity index (χ3n) is 14.2. The lowest BCUT2D eigenvalue weighted by atomic mass is 9.82. The second kappa shape index (κ2) is 18.2. The minimum Gasteiger partial charge on any atom is -0.453 e. The largest absolute Gasteiger partial charge is 0.453 e. The van der Waals surface area contributed by atoms with Gasteiger partial charge in [-0.15, -0.1) is 0 Å². The van der Waals surface area contributed by atoms with Gasteiger partial charge >= 0.3 is 18.2 Å². The van der Waals surface area contributed by atoms with Crippen LogP contribution in [-0.4, -0.2) is 97.8 Å². The number of amides is 5. The summed E-state index contributed by atoms with van der Waals surface area (Å²) in [6, 6.07) is 13.8. The number of hydrogen-bond donors (Lipinski definition) is 4. The number of rotatable bonds is 8. The summed E-state index contributed by atoms with van der Waals surface area (Å²) in [4.78, 5) is 73.7. The van der Waals surface area contributed by atoms with Crippen molar-refractivity contribution in [3.63, 3.8) is 0 Å². The summed E-state index contributed by atoms with van der Waals surface area (Å²) >= 11 is 0. The summed E-state index contributed by atoms with van der Waals surface area (Å²) < 4.78 is 9.75. The molecule has 0 bridgehead atoms. The van der Waals surface area contributed by atoms with Crippen molar-refractivity contribution in [1.82, 2.24) is 45.5 Å². The van der Waals surface area contributed by atoms with Gasteiger partial charge in [0.2, 0.25) is 5.91 Å². The van der Waals surface area contributed by atoms with Crippen LogP contribution in [0.15, 0.2) is 48.7 Å². The monoisotopic (exact) mass is 871 g/mol. The van der Waals surface area contributed by atoms with E-state index in [1.54, 1.807) is 0 Å². The van der Waals surface area contributed by atoms with Crippen LogP contribution in [0.1, 0.15) is 126 Å². The van der Waals surface area contributed by atoms with Crippen molar-refractivity contribution in [3.05, 3.63) is 71.4 Å². The summed E-state index contributed by atoms with van der Waals surface area (Å²) in [5, 5.41) is 6.39. The zero-order chi connectivity index (χ0) is 44.6. The van der Waals surface area contributed by atoms with E-state index < -0.39 is 18.2 Å². The number of carbonyl (C=O) groups excluding carboxylic acids is 4. The van der Waals surface area contributed by atoms with Crippen LogP contribution < -0.4 is 10.7 Å². The van der Waals surface area contributed by atoms with Crippen molar-refractivity contribution in [2.45, 2.75) is 134 Å². The van der Waals surface area contributed by atoms with Crippen molar-refractivity contribution in [1.29, 1.82) is 0 Å². The number of carbonyl (C=O) groups is 4. The predicted octanol–water partition coefficient (Wildman–Crippen LogP) is 9.25. The van der Waals surface area contributed by atoms with Crippen LogP contribution in [0.2, 0.25) is 0 Å². The molecule has 5 amide bonds. The maximum atomic E-state index is 14.1. The number of aromatic amines is 2. The Morgan fingerprint density at radius 2 is 1.55 bits per heavy atom. The first-order valence-electron chi connectivity index (χ1n) is 23.3. The number of hydrazine groups is 1. The molecule has 15 nitrogen and oxygen atoms in total. The molecule has 4 N–H and O–H groups in total. The number of ether oxygens (including phenoxy) is 2. The van der Waals surface area contributed by atoms with Crippen molar-refractivity contribution < 1.29 is 28.7 Å². The standard InChI is InChI=1S/C49H61N9O6/c1-28(2)42(54-47(60)63-4)46(59)57-29(3)17-24-41(57)45-51-38-23-19-31-26-30(18-20-34(31)43(38)53-45)33-21-22-37(36-15-10-9-14-35(33)36)39-27-50-44(52-39)40-16-11-25-56(40)49(62)58(55-48(61)64-5)32-12-7-6-8-13-32/h18-23,26-29,32,40-42H,6-17,24-25H2,1-5H3,(H,50,52)(H,51,53)(H,54,60)(H,55,61)/t29?,40-,41-,42-/m0/s1. The highest BCUT2D eigenvalue weighted by molar-refractivity contribution is 6.05. The van der Waals surface area contributed by atoms with Crippen molar-refractivity contribution >= 4 is 45.9 Å². The maximum absolute atomic E-state index is 14.1. The summed E-state index contributed by atoms with van der Waals surface area (Å²) in [6.07, 6.45) is 12.9. The van der Waals surface area contributed by atoms with E-state index in [1.807, 2.05) is 29.8 Å². The molecule has 0 spiro atoms. The predicted molar refractivity (Wildman–Crippen MR) is 244 cm³/mol.